The molecule has 0 aromatic carbocycles. The molecule has 6 heteroatoms. The lowest BCUT2D eigenvalue weighted by atomic mass is 10.2. The van der Waals surface area contributed by atoms with Gasteiger partial charge in [0.1, 0.15) is 6.33 Å². The van der Waals surface area contributed by atoms with Crippen LogP contribution >= 0.6 is 11.5 Å². The van der Waals surface area contributed by atoms with Gasteiger partial charge in [0.2, 0.25) is 5.13 Å². The largest absolute Gasteiger partial charge is 0.346 e. The topological polar surface area (TPSA) is 58.3 Å². The monoisotopic (exact) mass is 269 g/mol. The maximum Gasteiger partial charge on any atom is 0.204 e. The fraction of sp³-hybridized carbons (Fsp3) is 0.833. The van der Waals surface area contributed by atoms with Gasteiger partial charge < -0.3 is 15.5 Å². The molecule has 0 saturated carbocycles. The molecule has 102 valence electrons. The minimum absolute atomic E-state index is 0.824. The zero-order chi connectivity index (χ0) is 12.6. The molecule has 1 aromatic heterocycles. The van der Waals surface area contributed by atoms with E-state index in [-0.39, 0.29) is 0 Å². The molecule has 0 spiro atoms. The molecule has 2 heterocycles. The van der Waals surface area contributed by atoms with E-state index in [2.05, 4.69) is 19.2 Å². The van der Waals surface area contributed by atoms with Gasteiger partial charge in [0.25, 0.3) is 0 Å². The average molecular weight is 269 g/mol. The van der Waals surface area contributed by atoms with E-state index >= 15 is 0 Å². The van der Waals surface area contributed by atoms with E-state index in [4.69, 9.17) is 5.73 Å². The average Bonchev–Trinajstić information content (AvgIpc) is 2.82. The van der Waals surface area contributed by atoms with Gasteiger partial charge in [0.05, 0.1) is 0 Å². The number of nitrogens with two attached hydrogens (primary N) is 1. The van der Waals surface area contributed by atoms with Gasteiger partial charge in [0.15, 0.2) is 0 Å². The summed E-state index contributed by atoms with van der Waals surface area (Å²) in [5.41, 5.74) is 5.51. The fourth-order valence-electron chi connectivity index (χ4n) is 2.35. The molecular weight excluding hydrogens is 246 g/mol. The van der Waals surface area contributed by atoms with Crippen molar-refractivity contribution in [3.05, 3.63) is 6.33 Å². The van der Waals surface area contributed by atoms with E-state index < -0.39 is 0 Å². The maximum absolute atomic E-state index is 5.51. The van der Waals surface area contributed by atoms with E-state index in [1.54, 1.807) is 6.33 Å². The number of anilines is 1. The number of aromatic nitrogens is 2. The molecule has 1 aromatic rings. The Morgan fingerprint density at radius 3 is 2.89 bits per heavy atom. The Morgan fingerprint density at radius 1 is 1.17 bits per heavy atom. The summed E-state index contributed by atoms with van der Waals surface area (Å²) in [4.78, 5) is 9.22. The summed E-state index contributed by atoms with van der Waals surface area (Å²) in [6.45, 7) is 6.56. The van der Waals surface area contributed by atoms with Crippen LogP contribution in [0.1, 0.15) is 25.7 Å². The predicted octanol–water partition coefficient (Wildman–Crippen LogP) is 1.18. The number of rotatable bonds is 6. The van der Waals surface area contributed by atoms with Crippen molar-refractivity contribution in [2.75, 3.05) is 44.2 Å². The second kappa shape index (κ2) is 7.66. The summed E-state index contributed by atoms with van der Waals surface area (Å²) < 4.78 is 4.08. The Hall–Kier alpha value is -0.720. The molecule has 1 aliphatic heterocycles. The maximum atomic E-state index is 5.51. The van der Waals surface area contributed by atoms with Crippen LogP contribution in [-0.4, -0.2) is 53.5 Å². The van der Waals surface area contributed by atoms with Crippen LogP contribution in [0.4, 0.5) is 5.13 Å². The highest BCUT2D eigenvalue weighted by Gasteiger charge is 2.16. The normalized spacial score (nSPS) is 17.9. The van der Waals surface area contributed by atoms with Crippen molar-refractivity contribution >= 4 is 16.7 Å². The number of hydrogen-bond acceptors (Lipinski definition) is 6. The summed E-state index contributed by atoms with van der Waals surface area (Å²) in [5.74, 6) is 0. The standard InChI is InChI=1S/C12H23N5S/c13-5-2-1-3-6-16-7-4-8-17(10-9-16)12-14-11-15-18-12/h11H,1-10,13H2. The van der Waals surface area contributed by atoms with E-state index in [9.17, 15) is 0 Å². The summed E-state index contributed by atoms with van der Waals surface area (Å²) in [6.07, 6.45) is 6.56. The van der Waals surface area contributed by atoms with Crippen molar-refractivity contribution in [3.8, 4) is 0 Å². The molecule has 1 fully saturated rings. The Balaban J connectivity index is 1.71. The van der Waals surface area contributed by atoms with Crippen molar-refractivity contribution in [1.82, 2.24) is 14.3 Å². The predicted molar refractivity (Wildman–Crippen MR) is 76.1 cm³/mol. The summed E-state index contributed by atoms with van der Waals surface area (Å²) in [7, 11) is 0. The van der Waals surface area contributed by atoms with Gasteiger partial charge in [-0.1, -0.05) is 6.42 Å². The number of hydrogen-bond donors (Lipinski definition) is 1. The highest BCUT2D eigenvalue weighted by atomic mass is 32.1. The Kier molecular flexibility index (Phi) is 5.83. The first kappa shape index (κ1) is 13.7. The zero-order valence-electron chi connectivity index (χ0n) is 10.9. The molecule has 18 heavy (non-hydrogen) atoms. The van der Waals surface area contributed by atoms with Crippen LogP contribution in [0, 0.1) is 0 Å². The molecule has 1 aliphatic rings. The Labute approximate surface area is 113 Å². The third-order valence-corrected chi connectivity index (χ3v) is 4.11. The van der Waals surface area contributed by atoms with Crippen LogP contribution < -0.4 is 10.6 Å². The molecule has 0 atom stereocenters. The van der Waals surface area contributed by atoms with E-state index in [0.29, 0.717) is 0 Å². The molecule has 0 bridgehead atoms. The number of unbranched alkanes of at least 4 members (excludes halogenated alkanes) is 2. The van der Waals surface area contributed by atoms with Crippen molar-refractivity contribution < 1.29 is 0 Å². The van der Waals surface area contributed by atoms with Gasteiger partial charge in [-0.15, -0.1) is 0 Å². The Bertz CT molecular complexity index is 316. The summed E-state index contributed by atoms with van der Waals surface area (Å²) in [5, 5.41) is 1.07. The SMILES string of the molecule is NCCCCCN1CCCN(c2ncns2)CC1. The first-order valence-corrected chi connectivity index (χ1v) is 7.61. The molecule has 0 unspecified atom stereocenters. The van der Waals surface area contributed by atoms with Crippen molar-refractivity contribution in [2.45, 2.75) is 25.7 Å². The molecule has 0 radical (unpaired) electrons. The molecular formula is C12H23N5S. The third-order valence-electron chi connectivity index (χ3n) is 3.39. The van der Waals surface area contributed by atoms with Crippen molar-refractivity contribution in [3.63, 3.8) is 0 Å². The zero-order valence-corrected chi connectivity index (χ0v) is 11.7. The lowest BCUT2D eigenvalue weighted by Crippen LogP contribution is -2.31. The van der Waals surface area contributed by atoms with E-state index in [0.717, 1.165) is 37.7 Å². The third kappa shape index (κ3) is 4.19. The first-order valence-electron chi connectivity index (χ1n) is 6.84. The minimum Gasteiger partial charge on any atom is -0.346 e. The molecule has 0 amide bonds. The number of nitrogens with zero attached hydrogens (tertiary/aromatic N) is 4. The van der Waals surface area contributed by atoms with Gasteiger partial charge in [0, 0.05) is 31.2 Å². The second-order valence-electron chi connectivity index (χ2n) is 4.76. The van der Waals surface area contributed by atoms with Crippen molar-refractivity contribution in [2.24, 2.45) is 5.73 Å². The van der Waals surface area contributed by atoms with Gasteiger partial charge >= 0.3 is 0 Å². The van der Waals surface area contributed by atoms with Gasteiger partial charge in [-0.05, 0) is 38.9 Å². The van der Waals surface area contributed by atoms with Crippen LogP contribution in [0.25, 0.3) is 0 Å². The first-order chi connectivity index (χ1) is 8.90. The minimum atomic E-state index is 0.824. The smallest absolute Gasteiger partial charge is 0.204 e. The summed E-state index contributed by atoms with van der Waals surface area (Å²) >= 11 is 1.50. The molecule has 0 aliphatic carbocycles. The Morgan fingerprint density at radius 2 is 2.11 bits per heavy atom. The highest BCUT2D eigenvalue weighted by Crippen LogP contribution is 2.17. The van der Waals surface area contributed by atoms with Crippen molar-refractivity contribution in [1.29, 1.82) is 0 Å². The van der Waals surface area contributed by atoms with Crippen LogP contribution in [0.15, 0.2) is 6.33 Å². The van der Waals surface area contributed by atoms with Crippen LogP contribution in [0.5, 0.6) is 0 Å². The molecule has 2 N–H and O–H groups in total. The summed E-state index contributed by atoms with van der Waals surface area (Å²) in [6, 6.07) is 0. The molecule has 1 saturated heterocycles. The lowest BCUT2D eigenvalue weighted by Gasteiger charge is -2.21. The van der Waals surface area contributed by atoms with E-state index in [1.807, 2.05) is 0 Å². The fourth-order valence-corrected chi connectivity index (χ4v) is 2.93. The molecule has 2 rings (SSSR count). The highest BCUT2D eigenvalue weighted by molar-refractivity contribution is 7.09. The molecule has 5 nitrogen and oxygen atoms in total. The van der Waals surface area contributed by atoms with Gasteiger partial charge in [-0.3, -0.25) is 0 Å². The van der Waals surface area contributed by atoms with E-state index in [1.165, 1.54) is 43.9 Å². The second-order valence-corrected chi connectivity index (χ2v) is 5.51. The quantitative estimate of drug-likeness (QED) is 0.786. The van der Waals surface area contributed by atoms with Gasteiger partial charge in [-0.25, -0.2) is 4.98 Å². The van der Waals surface area contributed by atoms with Crippen LogP contribution in [0.3, 0.4) is 0 Å². The van der Waals surface area contributed by atoms with Crippen LogP contribution in [0.2, 0.25) is 0 Å². The van der Waals surface area contributed by atoms with Crippen LogP contribution in [-0.2, 0) is 0 Å². The lowest BCUT2D eigenvalue weighted by molar-refractivity contribution is 0.286. The van der Waals surface area contributed by atoms with Gasteiger partial charge in [-0.2, -0.15) is 4.37 Å².